The first-order valence-electron chi connectivity index (χ1n) is 9.85. The Bertz CT molecular complexity index is 867. The van der Waals surface area contributed by atoms with Crippen LogP contribution in [0, 0.1) is 10.1 Å². The Morgan fingerprint density at radius 1 is 0.967 bits per heavy atom. The van der Waals surface area contributed by atoms with E-state index in [1.165, 1.54) is 24.3 Å². The molecule has 8 nitrogen and oxygen atoms in total. The number of nitro benzene ring substituents is 1. The summed E-state index contributed by atoms with van der Waals surface area (Å²) < 4.78 is 5.70. The van der Waals surface area contributed by atoms with E-state index in [4.69, 9.17) is 4.74 Å². The van der Waals surface area contributed by atoms with E-state index in [1.54, 1.807) is 18.2 Å². The zero-order chi connectivity index (χ0) is 21.9. The minimum Gasteiger partial charge on any atom is -0.484 e. The topological polar surface area (TPSA) is 105 Å². The van der Waals surface area contributed by atoms with Gasteiger partial charge in [-0.3, -0.25) is 10.1 Å². The first-order valence-corrected chi connectivity index (χ1v) is 9.85. The fourth-order valence-electron chi connectivity index (χ4n) is 2.77. The SMILES string of the molecule is CCCCCCC(C)Oc1ccc(C(=O)OOC(=O)c2ccccc2)cc1[N+](=O)[O-]. The largest absolute Gasteiger partial charge is 0.484 e. The average molecular weight is 415 g/mol. The van der Waals surface area contributed by atoms with Crippen LogP contribution < -0.4 is 4.74 Å². The number of rotatable bonds is 10. The predicted octanol–water partition coefficient (Wildman–Crippen LogP) is 5.26. The molecule has 0 bridgehead atoms. The summed E-state index contributed by atoms with van der Waals surface area (Å²) in [5, 5.41) is 11.4. The van der Waals surface area contributed by atoms with Crippen molar-refractivity contribution in [2.24, 2.45) is 0 Å². The van der Waals surface area contributed by atoms with Gasteiger partial charge in [0.25, 0.3) is 0 Å². The van der Waals surface area contributed by atoms with Gasteiger partial charge in [0.2, 0.25) is 0 Å². The number of nitrogens with zero attached hydrogens (tertiary/aromatic N) is 1. The maximum absolute atomic E-state index is 12.1. The van der Waals surface area contributed by atoms with Crippen LogP contribution in [0.2, 0.25) is 0 Å². The van der Waals surface area contributed by atoms with Crippen molar-refractivity contribution in [1.82, 2.24) is 0 Å². The molecule has 30 heavy (non-hydrogen) atoms. The summed E-state index contributed by atoms with van der Waals surface area (Å²) in [4.78, 5) is 43.8. The van der Waals surface area contributed by atoms with Crippen LogP contribution in [0.1, 0.15) is 66.7 Å². The molecule has 0 saturated heterocycles. The second-order valence-electron chi connectivity index (χ2n) is 6.83. The summed E-state index contributed by atoms with van der Waals surface area (Å²) in [5.41, 5.74) is -0.294. The van der Waals surface area contributed by atoms with Crippen molar-refractivity contribution in [3.8, 4) is 5.75 Å². The van der Waals surface area contributed by atoms with Gasteiger partial charge in [-0.15, -0.1) is 0 Å². The van der Waals surface area contributed by atoms with Gasteiger partial charge in [0, 0.05) is 6.07 Å². The Hall–Kier alpha value is -3.42. The fourth-order valence-corrected chi connectivity index (χ4v) is 2.77. The van der Waals surface area contributed by atoms with Crippen LogP contribution in [0.25, 0.3) is 0 Å². The fraction of sp³-hybridized carbons (Fsp3) is 0.364. The maximum Gasteiger partial charge on any atom is 0.386 e. The van der Waals surface area contributed by atoms with Crippen LogP contribution in [-0.4, -0.2) is 23.0 Å². The minimum atomic E-state index is -1.03. The number of hydrogen-bond acceptors (Lipinski definition) is 7. The molecular formula is C22H25NO7. The molecule has 0 fully saturated rings. The molecular weight excluding hydrogens is 390 g/mol. The average Bonchev–Trinajstić information content (AvgIpc) is 2.75. The molecule has 0 aliphatic heterocycles. The van der Waals surface area contributed by atoms with E-state index < -0.39 is 16.9 Å². The lowest BCUT2D eigenvalue weighted by molar-refractivity contribution is -0.386. The third-order valence-electron chi connectivity index (χ3n) is 4.39. The van der Waals surface area contributed by atoms with Crippen molar-refractivity contribution in [2.45, 2.75) is 52.1 Å². The number of unbranched alkanes of at least 4 members (excludes halogenated alkanes) is 3. The van der Waals surface area contributed by atoms with Crippen LogP contribution >= 0.6 is 0 Å². The number of ether oxygens (including phenoxy) is 1. The van der Waals surface area contributed by atoms with Crippen molar-refractivity contribution < 1.29 is 29.0 Å². The lowest BCUT2D eigenvalue weighted by Crippen LogP contribution is -2.14. The van der Waals surface area contributed by atoms with Gasteiger partial charge in [0.15, 0.2) is 5.75 Å². The molecule has 0 saturated carbocycles. The third-order valence-corrected chi connectivity index (χ3v) is 4.39. The summed E-state index contributed by atoms with van der Waals surface area (Å²) in [6, 6.07) is 11.7. The van der Waals surface area contributed by atoms with E-state index >= 15 is 0 Å². The van der Waals surface area contributed by atoms with Gasteiger partial charge in [-0.25, -0.2) is 19.4 Å². The lowest BCUT2D eigenvalue weighted by Gasteiger charge is -2.15. The molecule has 160 valence electrons. The molecule has 2 aromatic rings. The summed E-state index contributed by atoms with van der Waals surface area (Å²) in [6.07, 6.45) is 4.89. The van der Waals surface area contributed by atoms with Crippen molar-refractivity contribution >= 4 is 17.6 Å². The first-order chi connectivity index (χ1) is 14.4. The zero-order valence-corrected chi connectivity index (χ0v) is 17.0. The van der Waals surface area contributed by atoms with E-state index in [2.05, 4.69) is 16.7 Å². The number of benzene rings is 2. The highest BCUT2D eigenvalue weighted by Crippen LogP contribution is 2.30. The van der Waals surface area contributed by atoms with E-state index in [0.29, 0.717) is 0 Å². The molecule has 2 rings (SSSR count). The molecule has 0 aliphatic rings. The monoisotopic (exact) mass is 415 g/mol. The van der Waals surface area contributed by atoms with Gasteiger partial charge in [-0.05, 0) is 44.0 Å². The number of carbonyl (C=O) groups is 2. The van der Waals surface area contributed by atoms with Gasteiger partial charge in [0.1, 0.15) is 0 Å². The molecule has 2 aromatic carbocycles. The lowest BCUT2D eigenvalue weighted by atomic mass is 10.1. The standard InChI is InChI=1S/C22H25NO7/c1-3-4-5-7-10-16(2)28-20-14-13-18(15-19(20)23(26)27)22(25)30-29-21(24)17-11-8-6-9-12-17/h6,8-9,11-16H,3-5,7,10H2,1-2H3. The van der Waals surface area contributed by atoms with E-state index in [0.717, 1.165) is 38.2 Å². The number of carbonyl (C=O) groups excluding carboxylic acids is 2. The molecule has 1 atom stereocenters. The smallest absolute Gasteiger partial charge is 0.386 e. The summed E-state index contributed by atoms with van der Waals surface area (Å²) in [5.74, 6) is -1.81. The molecule has 0 amide bonds. The van der Waals surface area contributed by atoms with Gasteiger partial charge < -0.3 is 4.74 Å². The highest BCUT2D eigenvalue weighted by molar-refractivity contribution is 5.92. The normalized spacial score (nSPS) is 11.4. The van der Waals surface area contributed by atoms with Crippen LogP contribution in [-0.2, 0) is 9.78 Å². The molecule has 1 unspecified atom stereocenters. The van der Waals surface area contributed by atoms with Crippen LogP contribution in [0.15, 0.2) is 48.5 Å². The van der Waals surface area contributed by atoms with E-state index in [1.807, 2.05) is 6.92 Å². The first kappa shape index (κ1) is 22.9. The Morgan fingerprint density at radius 3 is 2.27 bits per heavy atom. The van der Waals surface area contributed by atoms with E-state index in [-0.39, 0.29) is 28.7 Å². The van der Waals surface area contributed by atoms with Gasteiger partial charge in [-0.2, -0.15) is 0 Å². The molecule has 0 aromatic heterocycles. The molecule has 0 heterocycles. The predicted molar refractivity (Wildman–Crippen MR) is 109 cm³/mol. The van der Waals surface area contributed by atoms with Crippen molar-refractivity contribution in [3.05, 3.63) is 69.8 Å². The van der Waals surface area contributed by atoms with Crippen molar-refractivity contribution in [1.29, 1.82) is 0 Å². The Kier molecular flexibility index (Phi) is 8.80. The van der Waals surface area contributed by atoms with Crippen LogP contribution in [0.3, 0.4) is 0 Å². The molecule has 0 N–H and O–H groups in total. The zero-order valence-electron chi connectivity index (χ0n) is 17.0. The third kappa shape index (κ3) is 6.88. The molecule has 8 heteroatoms. The van der Waals surface area contributed by atoms with Gasteiger partial charge in [-0.1, -0.05) is 44.4 Å². The highest BCUT2D eigenvalue weighted by atomic mass is 17.2. The van der Waals surface area contributed by atoms with Gasteiger partial charge in [0.05, 0.1) is 22.2 Å². The quantitative estimate of drug-likeness (QED) is 0.225. The Balaban J connectivity index is 2.00. The highest BCUT2D eigenvalue weighted by Gasteiger charge is 2.22. The number of hydrogen-bond donors (Lipinski definition) is 0. The summed E-state index contributed by atoms with van der Waals surface area (Å²) >= 11 is 0. The van der Waals surface area contributed by atoms with Crippen LogP contribution in [0.5, 0.6) is 5.75 Å². The van der Waals surface area contributed by atoms with Crippen LogP contribution in [0.4, 0.5) is 5.69 Å². The second kappa shape index (κ2) is 11.5. The van der Waals surface area contributed by atoms with Gasteiger partial charge >= 0.3 is 17.6 Å². The molecule has 0 spiro atoms. The van der Waals surface area contributed by atoms with E-state index in [9.17, 15) is 19.7 Å². The maximum atomic E-state index is 12.1. The van der Waals surface area contributed by atoms with Crippen molar-refractivity contribution in [3.63, 3.8) is 0 Å². The Labute approximate surface area is 174 Å². The Morgan fingerprint density at radius 2 is 1.63 bits per heavy atom. The summed E-state index contributed by atoms with van der Waals surface area (Å²) in [6.45, 7) is 3.97. The minimum absolute atomic E-state index is 0.0702. The summed E-state index contributed by atoms with van der Waals surface area (Å²) in [7, 11) is 0. The molecule has 0 aliphatic carbocycles. The van der Waals surface area contributed by atoms with Crippen molar-refractivity contribution in [2.75, 3.05) is 0 Å². The second-order valence-corrected chi connectivity index (χ2v) is 6.83. The molecule has 0 radical (unpaired) electrons. The number of nitro groups is 1.